The number of carbonyl (C=O) groups excluding carboxylic acids is 2. The van der Waals surface area contributed by atoms with Gasteiger partial charge < -0.3 is 10.6 Å². The highest BCUT2D eigenvalue weighted by atomic mass is 79.9. The summed E-state index contributed by atoms with van der Waals surface area (Å²) < 4.78 is 0.790. The Morgan fingerprint density at radius 1 is 1.03 bits per heavy atom. The van der Waals surface area contributed by atoms with Gasteiger partial charge in [-0.1, -0.05) is 57.3 Å². The number of benzene rings is 3. The van der Waals surface area contributed by atoms with Crippen LogP contribution in [0.3, 0.4) is 0 Å². The molecule has 0 aliphatic carbocycles. The standard InChI is InChI=1S/C22H15BrCl2N2O2/c23-15-5-4-14(12-28)19(9-15)27-22(11-13-2-1-3-16(24)8-13)18-7-6-17(25)10-20(18)26-21(22)29/h1-10,12,27H,11H2,(H,26,29). The minimum absolute atomic E-state index is 0.230. The second kappa shape index (κ2) is 7.82. The predicted molar refractivity (Wildman–Crippen MR) is 120 cm³/mol. The van der Waals surface area contributed by atoms with Crippen molar-refractivity contribution in [1.29, 1.82) is 0 Å². The Morgan fingerprint density at radius 3 is 2.59 bits per heavy atom. The van der Waals surface area contributed by atoms with Gasteiger partial charge >= 0.3 is 0 Å². The van der Waals surface area contributed by atoms with E-state index in [1.54, 1.807) is 36.4 Å². The van der Waals surface area contributed by atoms with Crippen molar-refractivity contribution < 1.29 is 9.59 Å². The van der Waals surface area contributed by atoms with E-state index in [2.05, 4.69) is 26.6 Å². The van der Waals surface area contributed by atoms with Gasteiger partial charge in [0.25, 0.3) is 5.91 Å². The molecule has 1 atom stereocenters. The third kappa shape index (κ3) is 3.78. The summed E-state index contributed by atoms with van der Waals surface area (Å²) in [7, 11) is 0. The summed E-state index contributed by atoms with van der Waals surface area (Å²) in [6.45, 7) is 0. The zero-order chi connectivity index (χ0) is 20.6. The van der Waals surface area contributed by atoms with E-state index in [1.807, 2.05) is 24.3 Å². The van der Waals surface area contributed by atoms with Gasteiger partial charge in [0.2, 0.25) is 0 Å². The molecule has 0 radical (unpaired) electrons. The summed E-state index contributed by atoms with van der Waals surface area (Å²) in [6.07, 6.45) is 1.09. The maximum absolute atomic E-state index is 13.3. The lowest BCUT2D eigenvalue weighted by atomic mass is 9.84. The van der Waals surface area contributed by atoms with Crippen molar-refractivity contribution in [2.45, 2.75) is 12.0 Å². The number of fused-ring (bicyclic) bond motifs is 1. The first-order valence-electron chi connectivity index (χ1n) is 8.80. The number of anilines is 2. The Hall–Kier alpha value is -2.34. The molecule has 0 saturated carbocycles. The quantitative estimate of drug-likeness (QED) is 0.427. The minimum atomic E-state index is -1.14. The Morgan fingerprint density at radius 2 is 1.83 bits per heavy atom. The second-order valence-electron chi connectivity index (χ2n) is 6.83. The van der Waals surface area contributed by atoms with Gasteiger partial charge in [0, 0.05) is 43.4 Å². The largest absolute Gasteiger partial charge is 0.367 e. The van der Waals surface area contributed by atoms with Gasteiger partial charge in [-0.3, -0.25) is 9.59 Å². The molecule has 0 spiro atoms. The molecule has 2 N–H and O–H groups in total. The van der Waals surface area contributed by atoms with E-state index >= 15 is 0 Å². The monoisotopic (exact) mass is 488 g/mol. The maximum atomic E-state index is 13.3. The average molecular weight is 490 g/mol. The lowest BCUT2D eigenvalue weighted by molar-refractivity contribution is -0.119. The zero-order valence-corrected chi connectivity index (χ0v) is 18.1. The molecule has 0 bridgehead atoms. The number of hydrogen-bond acceptors (Lipinski definition) is 3. The third-order valence-corrected chi connectivity index (χ3v) is 5.89. The summed E-state index contributed by atoms with van der Waals surface area (Å²) >= 11 is 15.7. The normalized spacial score (nSPS) is 17.6. The molecule has 1 heterocycles. The fourth-order valence-electron chi connectivity index (χ4n) is 3.61. The van der Waals surface area contributed by atoms with Gasteiger partial charge in [-0.2, -0.15) is 0 Å². The Labute approximate surface area is 186 Å². The number of halogens is 3. The van der Waals surface area contributed by atoms with Crippen LogP contribution in [0.2, 0.25) is 10.0 Å². The zero-order valence-electron chi connectivity index (χ0n) is 15.0. The van der Waals surface area contributed by atoms with Crippen molar-refractivity contribution in [1.82, 2.24) is 0 Å². The second-order valence-corrected chi connectivity index (χ2v) is 8.62. The summed E-state index contributed by atoms with van der Waals surface area (Å²) in [6, 6.07) is 17.9. The van der Waals surface area contributed by atoms with Crippen LogP contribution in [-0.4, -0.2) is 12.2 Å². The first-order valence-corrected chi connectivity index (χ1v) is 10.3. The summed E-state index contributed by atoms with van der Waals surface area (Å²) in [4.78, 5) is 24.9. The van der Waals surface area contributed by atoms with Crippen LogP contribution in [0.4, 0.5) is 11.4 Å². The molecule has 7 heteroatoms. The first kappa shape index (κ1) is 20.0. The van der Waals surface area contributed by atoms with E-state index in [0.717, 1.165) is 21.9 Å². The molecule has 3 aromatic carbocycles. The maximum Gasteiger partial charge on any atom is 0.255 e. The molecule has 0 saturated heterocycles. The van der Waals surface area contributed by atoms with E-state index in [0.29, 0.717) is 33.4 Å². The number of aldehydes is 1. The highest BCUT2D eigenvalue weighted by Gasteiger charge is 2.47. The van der Waals surface area contributed by atoms with Gasteiger partial charge in [0.1, 0.15) is 5.54 Å². The molecule has 3 aromatic rings. The van der Waals surface area contributed by atoms with E-state index < -0.39 is 5.54 Å². The molecule has 1 unspecified atom stereocenters. The smallest absolute Gasteiger partial charge is 0.255 e. The molecule has 4 nitrogen and oxygen atoms in total. The number of carbonyl (C=O) groups is 2. The Balaban J connectivity index is 1.88. The average Bonchev–Trinajstić information content (AvgIpc) is 2.92. The Kier molecular flexibility index (Phi) is 5.38. The molecule has 29 heavy (non-hydrogen) atoms. The minimum Gasteiger partial charge on any atom is -0.367 e. The van der Waals surface area contributed by atoms with Crippen LogP contribution in [0.25, 0.3) is 0 Å². The number of hydrogen-bond donors (Lipinski definition) is 2. The number of rotatable bonds is 5. The van der Waals surface area contributed by atoms with Gasteiger partial charge in [-0.15, -0.1) is 0 Å². The number of nitrogens with one attached hydrogen (secondary N) is 2. The van der Waals surface area contributed by atoms with Gasteiger partial charge in [-0.25, -0.2) is 0 Å². The van der Waals surface area contributed by atoms with E-state index in [1.165, 1.54) is 0 Å². The van der Waals surface area contributed by atoms with Crippen molar-refractivity contribution in [2.75, 3.05) is 10.6 Å². The van der Waals surface area contributed by atoms with Crippen molar-refractivity contribution in [2.24, 2.45) is 0 Å². The SMILES string of the molecule is O=Cc1ccc(Br)cc1NC1(Cc2cccc(Cl)c2)C(=O)Nc2cc(Cl)ccc21. The lowest BCUT2D eigenvalue weighted by Gasteiger charge is -2.31. The third-order valence-electron chi connectivity index (χ3n) is 4.93. The molecule has 4 rings (SSSR count). The predicted octanol–water partition coefficient (Wildman–Crippen LogP) is 6.07. The highest BCUT2D eigenvalue weighted by Crippen LogP contribution is 2.43. The molecular formula is C22H15BrCl2N2O2. The molecule has 1 amide bonds. The van der Waals surface area contributed by atoms with Crippen molar-refractivity contribution in [3.63, 3.8) is 0 Å². The molecule has 1 aliphatic rings. The molecule has 0 aromatic heterocycles. The van der Waals surface area contributed by atoms with Crippen molar-refractivity contribution in [3.05, 3.63) is 91.9 Å². The molecule has 0 fully saturated rings. The van der Waals surface area contributed by atoms with E-state index in [4.69, 9.17) is 23.2 Å². The summed E-state index contributed by atoms with van der Waals surface area (Å²) in [5.41, 5.74) is 2.14. The first-order chi connectivity index (χ1) is 13.9. The Bertz CT molecular complexity index is 1140. The van der Waals surface area contributed by atoms with Crippen LogP contribution >= 0.6 is 39.1 Å². The summed E-state index contributed by atoms with van der Waals surface area (Å²) in [5.74, 6) is -0.230. The lowest BCUT2D eigenvalue weighted by Crippen LogP contribution is -2.44. The molecular weight excluding hydrogens is 475 g/mol. The fourth-order valence-corrected chi connectivity index (χ4v) is 4.36. The molecule has 146 valence electrons. The highest BCUT2D eigenvalue weighted by molar-refractivity contribution is 9.10. The summed E-state index contributed by atoms with van der Waals surface area (Å²) in [5, 5.41) is 7.38. The van der Waals surface area contributed by atoms with Gasteiger partial charge in [0.05, 0.1) is 0 Å². The topological polar surface area (TPSA) is 58.2 Å². The van der Waals surface area contributed by atoms with Crippen molar-refractivity contribution >= 4 is 62.7 Å². The van der Waals surface area contributed by atoms with Crippen LogP contribution in [0.5, 0.6) is 0 Å². The van der Waals surface area contributed by atoms with Crippen LogP contribution < -0.4 is 10.6 Å². The van der Waals surface area contributed by atoms with Gasteiger partial charge in [-0.05, 0) is 48.0 Å². The fraction of sp³-hybridized carbons (Fsp3) is 0.0909. The van der Waals surface area contributed by atoms with E-state index in [-0.39, 0.29) is 5.91 Å². The van der Waals surface area contributed by atoms with E-state index in [9.17, 15) is 9.59 Å². The number of amides is 1. The van der Waals surface area contributed by atoms with Crippen LogP contribution in [0, 0.1) is 0 Å². The van der Waals surface area contributed by atoms with Gasteiger partial charge in [0.15, 0.2) is 6.29 Å². The van der Waals surface area contributed by atoms with Crippen molar-refractivity contribution in [3.8, 4) is 0 Å². The van der Waals surface area contributed by atoms with Crippen LogP contribution in [0.1, 0.15) is 21.5 Å². The van der Waals surface area contributed by atoms with Crippen LogP contribution in [0.15, 0.2) is 65.1 Å². The van der Waals surface area contributed by atoms with Crippen LogP contribution in [-0.2, 0) is 16.8 Å². The molecule has 1 aliphatic heterocycles.